The van der Waals surface area contributed by atoms with Gasteiger partial charge in [0.05, 0.1) is 0 Å². The van der Waals surface area contributed by atoms with Crippen molar-refractivity contribution in [1.82, 2.24) is 0 Å². The number of hydrogen-bond acceptors (Lipinski definition) is 2. The molecule has 0 aromatic heterocycles. The van der Waals surface area contributed by atoms with Gasteiger partial charge in [0, 0.05) is 18.9 Å². The fraction of sp³-hybridized carbons (Fsp3) is 0.562. The van der Waals surface area contributed by atoms with Gasteiger partial charge in [-0.3, -0.25) is 4.79 Å². The van der Waals surface area contributed by atoms with Crippen LogP contribution in [0.2, 0.25) is 0 Å². The Kier molecular flexibility index (Phi) is 5.54. The Morgan fingerprint density at radius 3 is 2.11 bits per heavy atom. The molecule has 0 saturated heterocycles. The van der Waals surface area contributed by atoms with Crippen molar-refractivity contribution < 1.29 is 4.79 Å². The van der Waals surface area contributed by atoms with Crippen LogP contribution in [0.25, 0.3) is 0 Å². The molecule has 2 nitrogen and oxygen atoms in total. The quantitative estimate of drug-likeness (QED) is 0.838. The molecular weight excluding hydrogens is 222 g/mol. The van der Waals surface area contributed by atoms with E-state index >= 15 is 0 Å². The molecule has 0 amide bonds. The third kappa shape index (κ3) is 4.61. The molecule has 0 aliphatic rings. The van der Waals surface area contributed by atoms with Crippen LogP contribution in [-0.2, 0) is 11.2 Å². The highest BCUT2D eigenvalue weighted by molar-refractivity contribution is 5.81. The number of carbonyl (C=O) groups is 1. The lowest BCUT2D eigenvalue weighted by Crippen LogP contribution is -2.29. The van der Waals surface area contributed by atoms with E-state index < -0.39 is 0 Å². The van der Waals surface area contributed by atoms with E-state index in [9.17, 15) is 4.79 Å². The molecule has 2 N–H and O–H groups in total. The second-order valence-corrected chi connectivity index (χ2v) is 5.72. The van der Waals surface area contributed by atoms with Crippen LogP contribution in [0.5, 0.6) is 0 Å². The lowest BCUT2D eigenvalue weighted by molar-refractivity contribution is -0.118. The molecule has 0 fully saturated rings. The predicted octanol–water partition coefficient (Wildman–Crippen LogP) is 3.30. The fourth-order valence-electron chi connectivity index (χ4n) is 1.82. The van der Waals surface area contributed by atoms with Crippen molar-refractivity contribution in [2.75, 3.05) is 0 Å². The first-order valence-electron chi connectivity index (χ1n) is 6.76. The molecule has 2 heteroatoms. The smallest absolute Gasteiger partial charge is 0.138 e. The molecule has 1 aromatic carbocycles. The molecule has 0 radical (unpaired) electrons. The number of Topliss-reactive ketones (excluding diaryl/α,β-unsaturated/α-hetero) is 1. The summed E-state index contributed by atoms with van der Waals surface area (Å²) in [5.74, 6) is 1.12. The molecule has 1 unspecified atom stereocenters. The average Bonchev–Trinajstić information content (AvgIpc) is 2.29. The Bertz CT molecular complexity index is 379. The molecule has 100 valence electrons. The SMILES string of the molecule is CC(C)c1ccc(CC(=O)CC(N)C(C)C)cc1. The van der Waals surface area contributed by atoms with E-state index in [0.717, 1.165) is 5.56 Å². The van der Waals surface area contributed by atoms with E-state index in [4.69, 9.17) is 5.73 Å². The summed E-state index contributed by atoms with van der Waals surface area (Å²) in [6, 6.07) is 8.29. The lowest BCUT2D eigenvalue weighted by atomic mass is 9.95. The standard InChI is InChI=1S/C16H25NO/c1-11(2)14-7-5-13(6-8-14)9-15(18)10-16(17)12(3)4/h5-8,11-12,16H,9-10,17H2,1-4H3. The van der Waals surface area contributed by atoms with Crippen molar-refractivity contribution in [3.63, 3.8) is 0 Å². The summed E-state index contributed by atoms with van der Waals surface area (Å²) in [5, 5.41) is 0. The molecular formula is C16H25NO. The van der Waals surface area contributed by atoms with E-state index in [0.29, 0.717) is 24.7 Å². The number of ketones is 1. The van der Waals surface area contributed by atoms with Gasteiger partial charge in [-0.05, 0) is 23.0 Å². The monoisotopic (exact) mass is 247 g/mol. The molecule has 1 aromatic rings. The maximum Gasteiger partial charge on any atom is 0.138 e. The van der Waals surface area contributed by atoms with Gasteiger partial charge in [0.1, 0.15) is 5.78 Å². The highest BCUT2D eigenvalue weighted by Crippen LogP contribution is 2.15. The van der Waals surface area contributed by atoms with Gasteiger partial charge >= 0.3 is 0 Å². The van der Waals surface area contributed by atoms with Crippen LogP contribution in [0.4, 0.5) is 0 Å². The molecule has 18 heavy (non-hydrogen) atoms. The van der Waals surface area contributed by atoms with Crippen LogP contribution in [0.3, 0.4) is 0 Å². The zero-order chi connectivity index (χ0) is 13.7. The van der Waals surface area contributed by atoms with Crippen molar-refractivity contribution in [3.8, 4) is 0 Å². The minimum atomic E-state index is -0.0209. The van der Waals surface area contributed by atoms with E-state index in [1.165, 1.54) is 5.56 Å². The summed E-state index contributed by atoms with van der Waals surface area (Å²) in [7, 11) is 0. The third-order valence-electron chi connectivity index (χ3n) is 3.37. The molecule has 0 aliphatic carbocycles. The number of benzene rings is 1. The van der Waals surface area contributed by atoms with E-state index in [1.807, 2.05) is 12.1 Å². The van der Waals surface area contributed by atoms with Gasteiger partial charge in [-0.15, -0.1) is 0 Å². The lowest BCUT2D eigenvalue weighted by Gasteiger charge is -2.14. The number of carbonyl (C=O) groups excluding carboxylic acids is 1. The molecule has 0 spiro atoms. The van der Waals surface area contributed by atoms with Crippen molar-refractivity contribution in [1.29, 1.82) is 0 Å². The molecule has 1 rings (SSSR count). The van der Waals surface area contributed by atoms with Gasteiger partial charge < -0.3 is 5.73 Å². The van der Waals surface area contributed by atoms with Crippen molar-refractivity contribution in [2.24, 2.45) is 11.7 Å². The van der Waals surface area contributed by atoms with E-state index in [1.54, 1.807) is 0 Å². The average molecular weight is 247 g/mol. The van der Waals surface area contributed by atoms with Crippen LogP contribution in [0.15, 0.2) is 24.3 Å². The first-order valence-corrected chi connectivity index (χ1v) is 6.76. The summed E-state index contributed by atoms with van der Waals surface area (Å²) in [4.78, 5) is 11.9. The van der Waals surface area contributed by atoms with Crippen LogP contribution in [-0.4, -0.2) is 11.8 Å². The Balaban J connectivity index is 2.54. The Labute approximate surface area is 111 Å². The van der Waals surface area contributed by atoms with Crippen molar-refractivity contribution in [2.45, 2.75) is 52.5 Å². The highest BCUT2D eigenvalue weighted by atomic mass is 16.1. The van der Waals surface area contributed by atoms with E-state index in [-0.39, 0.29) is 11.8 Å². The van der Waals surface area contributed by atoms with Gasteiger partial charge in [0.2, 0.25) is 0 Å². The molecule has 1 atom stereocenters. The number of rotatable bonds is 6. The Hall–Kier alpha value is -1.15. The molecule has 0 saturated carbocycles. The molecule has 0 aliphatic heterocycles. The zero-order valence-corrected chi connectivity index (χ0v) is 11.9. The largest absolute Gasteiger partial charge is 0.327 e. The summed E-state index contributed by atoms with van der Waals surface area (Å²) in [6.45, 7) is 8.44. The Morgan fingerprint density at radius 2 is 1.67 bits per heavy atom. The normalized spacial score (nSPS) is 13.1. The minimum Gasteiger partial charge on any atom is -0.327 e. The topological polar surface area (TPSA) is 43.1 Å². The highest BCUT2D eigenvalue weighted by Gasteiger charge is 2.13. The summed E-state index contributed by atoms with van der Waals surface area (Å²) < 4.78 is 0. The van der Waals surface area contributed by atoms with E-state index in [2.05, 4.69) is 39.8 Å². The van der Waals surface area contributed by atoms with Crippen molar-refractivity contribution >= 4 is 5.78 Å². The van der Waals surface area contributed by atoms with Crippen LogP contribution >= 0.6 is 0 Å². The first kappa shape index (κ1) is 14.9. The van der Waals surface area contributed by atoms with Crippen molar-refractivity contribution in [3.05, 3.63) is 35.4 Å². The first-order chi connectivity index (χ1) is 8.40. The molecule has 0 bridgehead atoms. The van der Waals surface area contributed by atoms with Crippen LogP contribution < -0.4 is 5.73 Å². The third-order valence-corrected chi connectivity index (χ3v) is 3.37. The second kappa shape index (κ2) is 6.69. The summed E-state index contributed by atoms with van der Waals surface area (Å²) in [5.41, 5.74) is 8.31. The van der Waals surface area contributed by atoms with Gasteiger partial charge in [0.15, 0.2) is 0 Å². The maximum absolute atomic E-state index is 11.9. The zero-order valence-electron chi connectivity index (χ0n) is 11.9. The van der Waals surface area contributed by atoms with Crippen LogP contribution in [0, 0.1) is 5.92 Å². The number of nitrogens with two attached hydrogens (primary N) is 1. The maximum atomic E-state index is 11.9. The number of hydrogen-bond donors (Lipinski definition) is 1. The summed E-state index contributed by atoms with van der Waals surface area (Å²) >= 11 is 0. The predicted molar refractivity (Wildman–Crippen MR) is 76.7 cm³/mol. The molecule has 0 heterocycles. The van der Waals surface area contributed by atoms with Gasteiger partial charge in [-0.2, -0.15) is 0 Å². The fourth-order valence-corrected chi connectivity index (χ4v) is 1.82. The van der Waals surface area contributed by atoms with Crippen LogP contribution in [0.1, 0.15) is 51.2 Å². The Morgan fingerprint density at radius 1 is 1.11 bits per heavy atom. The second-order valence-electron chi connectivity index (χ2n) is 5.72. The summed E-state index contributed by atoms with van der Waals surface area (Å²) in [6.07, 6.45) is 0.975. The van der Waals surface area contributed by atoms with Gasteiger partial charge in [0.25, 0.3) is 0 Å². The minimum absolute atomic E-state index is 0.0209. The van der Waals surface area contributed by atoms with Gasteiger partial charge in [-0.1, -0.05) is 52.0 Å². The van der Waals surface area contributed by atoms with Gasteiger partial charge in [-0.25, -0.2) is 0 Å².